The zero-order valence-electron chi connectivity index (χ0n) is 19.5. The standard InChI is InChI=1S/C25H33N3O4S/c1-19-22(33-18-26-19)24(30)27-12-6-5-9-25(17-31-2)10-13-28(14-11-25)23(29)20-7-3-4-8-21(20)32-16-15-27/h3-4,7-8,18H,5-6,9-17H2,1-2H3. The van der Waals surface area contributed by atoms with E-state index >= 15 is 0 Å². The van der Waals surface area contributed by atoms with Crippen LogP contribution in [-0.4, -0.2) is 73.1 Å². The first-order valence-electron chi connectivity index (χ1n) is 11.7. The normalized spacial score (nSPS) is 19.4. The molecule has 33 heavy (non-hydrogen) atoms. The lowest BCUT2D eigenvalue weighted by atomic mass is 9.75. The number of aryl methyl sites for hydroxylation is 1. The lowest BCUT2D eigenvalue weighted by molar-refractivity contribution is 0.0136. The first-order chi connectivity index (χ1) is 16.0. The minimum absolute atomic E-state index is 0.00549. The molecule has 3 aliphatic rings. The highest BCUT2D eigenvalue weighted by Gasteiger charge is 2.36. The molecule has 178 valence electrons. The third-order valence-electron chi connectivity index (χ3n) is 6.91. The Labute approximate surface area is 199 Å². The van der Waals surface area contributed by atoms with Gasteiger partial charge in [0, 0.05) is 26.7 Å². The second kappa shape index (κ2) is 10.7. The van der Waals surface area contributed by atoms with Crippen LogP contribution in [-0.2, 0) is 4.74 Å². The summed E-state index contributed by atoms with van der Waals surface area (Å²) >= 11 is 1.38. The van der Waals surface area contributed by atoms with Crippen molar-refractivity contribution < 1.29 is 19.1 Å². The average molecular weight is 472 g/mol. The predicted molar refractivity (Wildman–Crippen MR) is 128 cm³/mol. The number of thiazole rings is 1. The highest BCUT2D eigenvalue weighted by Crippen LogP contribution is 2.38. The van der Waals surface area contributed by atoms with Gasteiger partial charge in [0.2, 0.25) is 0 Å². The maximum absolute atomic E-state index is 13.3. The monoisotopic (exact) mass is 471 g/mol. The molecule has 0 atom stereocenters. The second-order valence-corrected chi connectivity index (χ2v) is 9.94. The van der Waals surface area contributed by atoms with Crippen LogP contribution in [0.15, 0.2) is 29.8 Å². The number of methoxy groups -OCH3 is 1. The Morgan fingerprint density at radius 2 is 1.94 bits per heavy atom. The van der Waals surface area contributed by atoms with E-state index in [9.17, 15) is 9.59 Å². The van der Waals surface area contributed by atoms with Crippen LogP contribution in [0.5, 0.6) is 5.75 Å². The second-order valence-electron chi connectivity index (χ2n) is 9.09. The van der Waals surface area contributed by atoms with Gasteiger partial charge in [0.05, 0.1) is 29.9 Å². The van der Waals surface area contributed by atoms with Crippen LogP contribution >= 0.6 is 11.3 Å². The lowest BCUT2D eigenvalue weighted by Gasteiger charge is -2.41. The summed E-state index contributed by atoms with van der Waals surface area (Å²) in [6, 6.07) is 7.42. The van der Waals surface area contributed by atoms with Crippen molar-refractivity contribution in [3.63, 3.8) is 0 Å². The highest BCUT2D eigenvalue weighted by atomic mass is 32.1. The third-order valence-corrected chi connectivity index (χ3v) is 7.83. The molecule has 0 unspecified atom stereocenters. The zero-order valence-corrected chi connectivity index (χ0v) is 20.4. The molecule has 0 aliphatic carbocycles. The molecular formula is C25H33N3O4S. The third kappa shape index (κ3) is 5.38. The largest absolute Gasteiger partial charge is 0.491 e. The van der Waals surface area contributed by atoms with Crippen molar-refractivity contribution in [1.82, 2.24) is 14.8 Å². The van der Waals surface area contributed by atoms with Crippen LogP contribution in [0, 0.1) is 12.3 Å². The average Bonchev–Trinajstić information content (AvgIpc) is 3.26. The van der Waals surface area contributed by atoms with Gasteiger partial charge in [-0.25, -0.2) is 4.98 Å². The van der Waals surface area contributed by atoms with Crippen LogP contribution in [0.4, 0.5) is 0 Å². The summed E-state index contributed by atoms with van der Waals surface area (Å²) in [7, 11) is 1.76. The van der Waals surface area contributed by atoms with E-state index in [1.54, 1.807) is 12.6 Å². The fourth-order valence-electron chi connectivity index (χ4n) is 4.93. The minimum Gasteiger partial charge on any atom is -0.491 e. The van der Waals surface area contributed by atoms with Gasteiger partial charge in [0.15, 0.2) is 0 Å². The summed E-state index contributed by atoms with van der Waals surface area (Å²) in [6.07, 6.45) is 4.84. The van der Waals surface area contributed by atoms with Gasteiger partial charge in [-0.05, 0) is 50.2 Å². The maximum Gasteiger partial charge on any atom is 0.265 e. The number of benzene rings is 1. The van der Waals surface area contributed by atoms with Crippen LogP contribution in [0.3, 0.4) is 0 Å². The Kier molecular flexibility index (Phi) is 7.65. The quantitative estimate of drug-likeness (QED) is 0.676. The van der Waals surface area contributed by atoms with Gasteiger partial charge in [-0.3, -0.25) is 9.59 Å². The summed E-state index contributed by atoms with van der Waals surface area (Å²) in [5, 5.41) is 0. The van der Waals surface area contributed by atoms with Gasteiger partial charge in [-0.1, -0.05) is 18.6 Å². The molecule has 2 aromatic rings. The molecule has 1 aromatic carbocycles. The van der Waals surface area contributed by atoms with Gasteiger partial charge < -0.3 is 19.3 Å². The molecule has 5 rings (SSSR count). The fraction of sp³-hybridized carbons (Fsp3) is 0.560. The van der Waals surface area contributed by atoms with E-state index in [0.29, 0.717) is 42.5 Å². The van der Waals surface area contributed by atoms with Crippen molar-refractivity contribution in [3.8, 4) is 5.75 Å². The van der Waals surface area contributed by atoms with Gasteiger partial charge >= 0.3 is 0 Å². The number of carbonyl (C=O) groups excluding carboxylic acids is 2. The number of aromatic nitrogens is 1. The molecule has 0 radical (unpaired) electrons. The van der Waals surface area contributed by atoms with Crippen LogP contribution in [0.25, 0.3) is 0 Å². The van der Waals surface area contributed by atoms with E-state index in [4.69, 9.17) is 9.47 Å². The van der Waals surface area contributed by atoms with Crippen molar-refractivity contribution in [2.75, 3.05) is 46.5 Å². The van der Waals surface area contributed by atoms with Gasteiger partial charge in [-0.15, -0.1) is 11.3 Å². The van der Waals surface area contributed by atoms with Crippen molar-refractivity contribution in [2.45, 2.75) is 39.0 Å². The molecule has 1 fully saturated rings. The fourth-order valence-corrected chi connectivity index (χ4v) is 5.70. The molecule has 4 heterocycles. The molecular weight excluding hydrogens is 438 g/mol. The Morgan fingerprint density at radius 1 is 1.15 bits per heavy atom. The van der Waals surface area contributed by atoms with E-state index < -0.39 is 0 Å². The number of hydrogen-bond acceptors (Lipinski definition) is 6. The summed E-state index contributed by atoms with van der Waals surface area (Å²) in [4.78, 5) is 35.3. The molecule has 7 nitrogen and oxygen atoms in total. The number of carbonyl (C=O) groups is 2. The molecule has 2 amide bonds. The summed E-state index contributed by atoms with van der Waals surface area (Å²) in [6.45, 7) is 5.51. The first-order valence-corrected chi connectivity index (χ1v) is 12.6. The van der Waals surface area contributed by atoms with Gasteiger partial charge in [0.25, 0.3) is 11.8 Å². The Hall–Kier alpha value is -2.45. The SMILES string of the molecule is COCC12CCCCN(C(=O)c3scnc3C)CCOc3ccccc3C(=O)N(CC1)CC2. The molecule has 1 aromatic heterocycles. The van der Waals surface area contributed by atoms with E-state index in [-0.39, 0.29) is 17.2 Å². The number of nitrogens with zero attached hydrogens (tertiary/aromatic N) is 3. The summed E-state index contributed by atoms with van der Waals surface area (Å²) in [5.41, 5.74) is 3.16. The lowest BCUT2D eigenvalue weighted by Crippen LogP contribution is -2.45. The number of fused-ring (bicyclic) bond motifs is 9. The topological polar surface area (TPSA) is 72.0 Å². The molecule has 0 spiro atoms. The van der Waals surface area contributed by atoms with Gasteiger partial charge in [-0.2, -0.15) is 0 Å². The number of amides is 2. The van der Waals surface area contributed by atoms with Crippen LogP contribution in [0.2, 0.25) is 0 Å². The van der Waals surface area contributed by atoms with Crippen LogP contribution in [0.1, 0.15) is 57.8 Å². The summed E-state index contributed by atoms with van der Waals surface area (Å²) in [5.74, 6) is 0.595. The van der Waals surface area contributed by atoms with E-state index in [1.165, 1.54) is 11.3 Å². The number of rotatable bonds is 3. The molecule has 0 N–H and O–H groups in total. The van der Waals surface area contributed by atoms with Gasteiger partial charge in [0.1, 0.15) is 17.2 Å². The number of piperidine rings is 1. The molecule has 3 aliphatic heterocycles. The van der Waals surface area contributed by atoms with Crippen molar-refractivity contribution >= 4 is 23.2 Å². The number of ether oxygens (including phenoxy) is 2. The maximum atomic E-state index is 13.3. The molecule has 0 saturated carbocycles. The first kappa shape index (κ1) is 23.7. The van der Waals surface area contributed by atoms with E-state index in [0.717, 1.165) is 50.9 Å². The summed E-state index contributed by atoms with van der Waals surface area (Å²) < 4.78 is 11.7. The smallest absolute Gasteiger partial charge is 0.265 e. The molecule has 1 saturated heterocycles. The van der Waals surface area contributed by atoms with E-state index in [1.807, 2.05) is 41.0 Å². The zero-order chi connectivity index (χ0) is 23.3. The Morgan fingerprint density at radius 3 is 2.67 bits per heavy atom. The van der Waals surface area contributed by atoms with Crippen LogP contribution < -0.4 is 4.74 Å². The Balaban J connectivity index is 1.58. The van der Waals surface area contributed by atoms with Crippen molar-refractivity contribution in [1.29, 1.82) is 0 Å². The molecule has 2 bridgehead atoms. The highest BCUT2D eigenvalue weighted by molar-refractivity contribution is 7.11. The van der Waals surface area contributed by atoms with E-state index in [2.05, 4.69) is 4.98 Å². The number of para-hydroxylation sites is 1. The minimum atomic E-state index is 0.00549. The van der Waals surface area contributed by atoms with Crippen molar-refractivity contribution in [2.24, 2.45) is 5.41 Å². The molecule has 8 heteroatoms. The Bertz CT molecular complexity index is 968. The number of hydrogen-bond donors (Lipinski definition) is 0. The predicted octanol–water partition coefficient (Wildman–Crippen LogP) is 4.03. The van der Waals surface area contributed by atoms with Crippen molar-refractivity contribution in [3.05, 3.63) is 45.9 Å².